The maximum absolute atomic E-state index is 5.91. The van der Waals surface area contributed by atoms with Crippen molar-refractivity contribution in [2.45, 2.75) is 20.3 Å². The highest BCUT2D eigenvalue weighted by molar-refractivity contribution is 9.10. The first-order chi connectivity index (χ1) is 9.60. The van der Waals surface area contributed by atoms with Crippen molar-refractivity contribution in [1.82, 2.24) is 9.97 Å². The zero-order chi connectivity index (χ0) is 14.5. The average molecular weight is 357 g/mol. The van der Waals surface area contributed by atoms with E-state index in [1.165, 1.54) is 0 Å². The maximum Gasteiger partial charge on any atom is 0.227 e. The van der Waals surface area contributed by atoms with Gasteiger partial charge in [-0.3, -0.25) is 0 Å². The summed E-state index contributed by atoms with van der Waals surface area (Å²) in [6.45, 7) is 4.82. The molecule has 0 unspecified atom stereocenters. The fourth-order valence-electron chi connectivity index (χ4n) is 1.51. The van der Waals surface area contributed by atoms with Crippen molar-refractivity contribution in [3.8, 4) is 11.6 Å². The Morgan fingerprint density at radius 1 is 1.40 bits per heavy atom. The molecule has 0 saturated carbocycles. The first-order valence-electron chi connectivity index (χ1n) is 6.30. The van der Waals surface area contributed by atoms with Gasteiger partial charge in [0.25, 0.3) is 0 Å². The summed E-state index contributed by atoms with van der Waals surface area (Å²) < 4.78 is 6.60. The Hall–Kier alpha value is -1.33. The fourth-order valence-corrected chi connectivity index (χ4v) is 2.28. The summed E-state index contributed by atoms with van der Waals surface area (Å²) in [6, 6.07) is 5.35. The van der Waals surface area contributed by atoms with Gasteiger partial charge in [0.15, 0.2) is 0 Å². The maximum atomic E-state index is 5.91. The van der Waals surface area contributed by atoms with Gasteiger partial charge >= 0.3 is 0 Å². The van der Waals surface area contributed by atoms with Crippen molar-refractivity contribution >= 4 is 33.5 Å². The first kappa shape index (κ1) is 15.1. The number of rotatable bonds is 5. The summed E-state index contributed by atoms with van der Waals surface area (Å²) >= 11 is 9.33. The third kappa shape index (κ3) is 3.84. The number of nitrogens with zero attached hydrogens (tertiary/aromatic N) is 2. The molecule has 0 amide bonds. The molecular formula is C14H15BrClN3O. The highest BCUT2D eigenvalue weighted by atomic mass is 79.9. The predicted octanol–water partition coefficient (Wildman–Crippen LogP) is 4.82. The molecule has 0 bridgehead atoms. The highest BCUT2D eigenvalue weighted by Crippen LogP contribution is 2.32. The molecule has 1 aromatic carbocycles. The Morgan fingerprint density at radius 3 is 2.90 bits per heavy atom. The van der Waals surface area contributed by atoms with Crippen molar-refractivity contribution in [3.63, 3.8) is 0 Å². The molecule has 1 aromatic heterocycles. The summed E-state index contributed by atoms with van der Waals surface area (Å²) in [5.41, 5.74) is 0.869. The van der Waals surface area contributed by atoms with Crippen LogP contribution in [-0.4, -0.2) is 16.5 Å². The van der Waals surface area contributed by atoms with Crippen molar-refractivity contribution < 1.29 is 4.74 Å². The first-order valence-corrected chi connectivity index (χ1v) is 7.47. The average Bonchev–Trinajstić information content (AvgIpc) is 2.42. The summed E-state index contributed by atoms with van der Waals surface area (Å²) in [6.07, 6.45) is 2.75. The Labute approximate surface area is 131 Å². The van der Waals surface area contributed by atoms with Crippen LogP contribution in [0, 0.1) is 6.92 Å². The number of ether oxygens (including phenoxy) is 1. The number of anilines is 1. The largest absolute Gasteiger partial charge is 0.437 e. The Morgan fingerprint density at radius 2 is 2.20 bits per heavy atom. The SMILES string of the molecule is CCCNc1ncc(C)c(Oc2ccc(Cl)cc2Br)n1. The van der Waals surface area contributed by atoms with Crippen LogP contribution in [-0.2, 0) is 0 Å². The zero-order valence-corrected chi connectivity index (χ0v) is 13.6. The summed E-state index contributed by atoms with van der Waals surface area (Å²) in [7, 11) is 0. The van der Waals surface area contributed by atoms with Crippen LogP contribution < -0.4 is 10.1 Å². The molecule has 20 heavy (non-hydrogen) atoms. The monoisotopic (exact) mass is 355 g/mol. The normalized spacial score (nSPS) is 10.4. The molecule has 106 valence electrons. The van der Waals surface area contributed by atoms with Crippen LogP contribution in [0.2, 0.25) is 5.02 Å². The summed E-state index contributed by atoms with van der Waals surface area (Å²) in [5.74, 6) is 1.76. The van der Waals surface area contributed by atoms with Crippen LogP contribution in [0.25, 0.3) is 0 Å². The molecule has 0 saturated heterocycles. The number of benzene rings is 1. The van der Waals surface area contributed by atoms with Gasteiger partial charge < -0.3 is 10.1 Å². The van der Waals surface area contributed by atoms with Crippen molar-refractivity contribution in [1.29, 1.82) is 0 Å². The topological polar surface area (TPSA) is 47.0 Å². The third-order valence-corrected chi connectivity index (χ3v) is 3.41. The number of halogens is 2. The van der Waals surface area contributed by atoms with E-state index in [0.717, 1.165) is 23.0 Å². The van der Waals surface area contributed by atoms with Crippen LogP contribution in [0.5, 0.6) is 11.6 Å². The van der Waals surface area contributed by atoms with Gasteiger partial charge in [-0.15, -0.1) is 0 Å². The molecule has 0 fully saturated rings. The van der Waals surface area contributed by atoms with Crippen LogP contribution in [0.4, 0.5) is 5.95 Å². The minimum absolute atomic E-state index is 0.529. The predicted molar refractivity (Wildman–Crippen MR) is 84.8 cm³/mol. The molecule has 2 rings (SSSR count). The van der Waals surface area contributed by atoms with Crippen molar-refractivity contribution in [3.05, 3.63) is 39.5 Å². The highest BCUT2D eigenvalue weighted by Gasteiger charge is 2.09. The Bertz CT molecular complexity index is 607. The van der Waals surface area contributed by atoms with Gasteiger partial charge in [0.1, 0.15) is 5.75 Å². The van der Waals surface area contributed by atoms with Gasteiger partial charge in [-0.1, -0.05) is 18.5 Å². The van der Waals surface area contributed by atoms with E-state index in [1.54, 1.807) is 24.4 Å². The van der Waals surface area contributed by atoms with E-state index in [4.69, 9.17) is 16.3 Å². The lowest BCUT2D eigenvalue weighted by Gasteiger charge is -2.11. The van der Waals surface area contributed by atoms with Gasteiger partial charge in [-0.05, 0) is 47.5 Å². The van der Waals surface area contributed by atoms with E-state index < -0.39 is 0 Å². The van der Waals surface area contributed by atoms with E-state index in [0.29, 0.717) is 22.6 Å². The van der Waals surface area contributed by atoms with Gasteiger partial charge in [-0.25, -0.2) is 4.98 Å². The number of hydrogen-bond acceptors (Lipinski definition) is 4. The van der Waals surface area contributed by atoms with Gasteiger partial charge in [0.05, 0.1) is 4.47 Å². The molecule has 1 N–H and O–H groups in total. The van der Waals surface area contributed by atoms with Crippen LogP contribution in [0.3, 0.4) is 0 Å². The molecule has 0 radical (unpaired) electrons. The van der Waals surface area contributed by atoms with Gasteiger partial charge in [-0.2, -0.15) is 4.98 Å². The smallest absolute Gasteiger partial charge is 0.227 e. The molecule has 1 heterocycles. The molecule has 0 spiro atoms. The molecule has 0 atom stereocenters. The summed E-state index contributed by atoms with van der Waals surface area (Å²) in [5, 5.41) is 3.78. The van der Waals surface area contributed by atoms with E-state index in [2.05, 4.69) is 38.1 Å². The molecule has 6 heteroatoms. The van der Waals surface area contributed by atoms with E-state index in [1.807, 2.05) is 6.92 Å². The Balaban J connectivity index is 2.23. The lowest BCUT2D eigenvalue weighted by Crippen LogP contribution is -2.05. The minimum Gasteiger partial charge on any atom is -0.437 e. The fraction of sp³-hybridized carbons (Fsp3) is 0.286. The van der Waals surface area contributed by atoms with Crippen molar-refractivity contribution in [2.24, 2.45) is 0 Å². The van der Waals surface area contributed by atoms with Crippen LogP contribution in [0.15, 0.2) is 28.9 Å². The standard InChI is InChI=1S/C14H15BrClN3O/c1-3-6-17-14-18-8-9(2)13(19-14)20-12-5-4-10(16)7-11(12)15/h4-5,7-8H,3,6H2,1-2H3,(H,17,18,19). The zero-order valence-electron chi connectivity index (χ0n) is 11.3. The Kier molecular flexibility index (Phi) is 5.20. The number of hydrogen-bond donors (Lipinski definition) is 1. The quantitative estimate of drug-likeness (QED) is 0.834. The van der Waals surface area contributed by atoms with Gasteiger partial charge in [0, 0.05) is 23.3 Å². The van der Waals surface area contributed by atoms with Gasteiger partial charge in [0.2, 0.25) is 11.8 Å². The van der Waals surface area contributed by atoms with Crippen molar-refractivity contribution in [2.75, 3.05) is 11.9 Å². The number of nitrogens with one attached hydrogen (secondary N) is 1. The second kappa shape index (κ2) is 6.90. The lowest BCUT2D eigenvalue weighted by molar-refractivity contribution is 0.455. The van der Waals surface area contributed by atoms with E-state index >= 15 is 0 Å². The number of aryl methyl sites for hydroxylation is 1. The molecule has 0 aliphatic rings. The second-order valence-electron chi connectivity index (χ2n) is 4.29. The third-order valence-electron chi connectivity index (χ3n) is 2.56. The summed E-state index contributed by atoms with van der Waals surface area (Å²) in [4.78, 5) is 8.59. The second-order valence-corrected chi connectivity index (χ2v) is 5.58. The van der Waals surface area contributed by atoms with E-state index in [-0.39, 0.29) is 0 Å². The number of aromatic nitrogens is 2. The van der Waals surface area contributed by atoms with Crippen LogP contribution in [0.1, 0.15) is 18.9 Å². The minimum atomic E-state index is 0.529. The lowest BCUT2D eigenvalue weighted by atomic mass is 10.3. The molecule has 0 aliphatic heterocycles. The molecule has 4 nitrogen and oxygen atoms in total. The molecular weight excluding hydrogens is 342 g/mol. The molecule has 0 aliphatic carbocycles. The molecule has 2 aromatic rings. The van der Waals surface area contributed by atoms with Crippen LogP contribution >= 0.6 is 27.5 Å². The van der Waals surface area contributed by atoms with E-state index in [9.17, 15) is 0 Å².